The summed E-state index contributed by atoms with van der Waals surface area (Å²) in [7, 11) is 1.48. The summed E-state index contributed by atoms with van der Waals surface area (Å²) in [5, 5.41) is 6.02. The molecule has 1 amide bonds. The standard InChI is InChI=1S/C15H20F2N2O3S.ClH/c1-21-12-2-3-13(22-15(16)17)10(6-12)8-19-14(20)7-11-9-23-5-4-18-11;/h2-3,6,11,15,18H,4-5,7-9H2,1H3,(H,19,20);1H. The molecular formula is C15H21ClF2N2O3S. The molecule has 0 spiro atoms. The van der Waals surface area contributed by atoms with Crippen molar-refractivity contribution in [3.8, 4) is 11.5 Å². The van der Waals surface area contributed by atoms with E-state index in [4.69, 9.17) is 4.74 Å². The van der Waals surface area contributed by atoms with Gasteiger partial charge in [0.05, 0.1) is 7.11 Å². The predicted octanol–water partition coefficient (Wildman–Crippen LogP) is 2.43. The van der Waals surface area contributed by atoms with Gasteiger partial charge in [-0.05, 0) is 18.2 Å². The smallest absolute Gasteiger partial charge is 0.387 e. The average molecular weight is 383 g/mol. The molecule has 0 aromatic heterocycles. The highest BCUT2D eigenvalue weighted by atomic mass is 35.5. The zero-order valence-corrected chi connectivity index (χ0v) is 14.9. The van der Waals surface area contributed by atoms with Crippen LogP contribution in [0, 0.1) is 0 Å². The van der Waals surface area contributed by atoms with E-state index >= 15 is 0 Å². The summed E-state index contributed by atoms with van der Waals surface area (Å²) < 4.78 is 34.4. The zero-order valence-electron chi connectivity index (χ0n) is 13.2. The van der Waals surface area contributed by atoms with Crippen LogP contribution in [0.5, 0.6) is 11.5 Å². The van der Waals surface area contributed by atoms with Crippen LogP contribution in [0.1, 0.15) is 12.0 Å². The molecule has 1 aromatic rings. The van der Waals surface area contributed by atoms with Crippen molar-refractivity contribution in [1.82, 2.24) is 10.6 Å². The summed E-state index contributed by atoms with van der Waals surface area (Å²) in [4.78, 5) is 12.0. The van der Waals surface area contributed by atoms with Crippen LogP contribution in [-0.2, 0) is 11.3 Å². The molecule has 1 aromatic carbocycles. The molecule has 0 radical (unpaired) electrons. The second-order valence-electron chi connectivity index (χ2n) is 5.06. The van der Waals surface area contributed by atoms with Crippen molar-refractivity contribution < 1.29 is 23.0 Å². The van der Waals surface area contributed by atoms with Crippen LogP contribution < -0.4 is 20.1 Å². The molecule has 1 atom stereocenters. The molecule has 1 fully saturated rings. The molecule has 1 aliphatic rings. The molecule has 1 unspecified atom stereocenters. The van der Waals surface area contributed by atoms with Gasteiger partial charge in [-0.15, -0.1) is 12.4 Å². The van der Waals surface area contributed by atoms with Gasteiger partial charge in [0.1, 0.15) is 11.5 Å². The minimum absolute atomic E-state index is 0. The van der Waals surface area contributed by atoms with Gasteiger partial charge in [-0.3, -0.25) is 4.79 Å². The number of carbonyl (C=O) groups excluding carboxylic acids is 1. The zero-order chi connectivity index (χ0) is 16.7. The summed E-state index contributed by atoms with van der Waals surface area (Å²) in [6.45, 7) is -1.91. The molecular weight excluding hydrogens is 362 g/mol. The molecule has 9 heteroatoms. The largest absolute Gasteiger partial charge is 0.497 e. The van der Waals surface area contributed by atoms with Gasteiger partial charge in [0.25, 0.3) is 0 Å². The monoisotopic (exact) mass is 382 g/mol. The summed E-state index contributed by atoms with van der Waals surface area (Å²) in [6, 6.07) is 4.67. The third kappa shape index (κ3) is 6.70. The minimum Gasteiger partial charge on any atom is -0.497 e. The van der Waals surface area contributed by atoms with Gasteiger partial charge < -0.3 is 20.1 Å². The number of rotatable bonds is 7. The lowest BCUT2D eigenvalue weighted by Crippen LogP contribution is -2.41. The van der Waals surface area contributed by atoms with Crippen LogP contribution in [0.4, 0.5) is 8.78 Å². The molecule has 0 aliphatic carbocycles. The van der Waals surface area contributed by atoms with Crippen LogP contribution >= 0.6 is 24.2 Å². The fraction of sp³-hybridized carbons (Fsp3) is 0.533. The Morgan fingerprint density at radius 2 is 2.29 bits per heavy atom. The van der Waals surface area contributed by atoms with E-state index in [2.05, 4.69) is 15.4 Å². The number of methoxy groups -OCH3 is 1. The molecule has 1 heterocycles. The summed E-state index contributed by atoms with van der Waals surface area (Å²) in [6.07, 6.45) is 0.363. The Hall–Kier alpha value is -1.25. The van der Waals surface area contributed by atoms with E-state index in [1.54, 1.807) is 6.07 Å². The highest BCUT2D eigenvalue weighted by Crippen LogP contribution is 2.25. The van der Waals surface area contributed by atoms with Crippen molar-refractivity contribution in [2.45, 2.75) is 25.6 Å². The number of halogens is 3. The van der Waals surface area contributed by atoms with Gasteiger partial charge >= 0.3 is 6.61 Å². The van der Waals surface area contributed by atoms with Crippen LogP contribution in [0.2, 0.25) is 0 Å². The van der Waals surface area contributed by atoms with Gasteiger partial charge in [-0.2, -0.15) is 20.5 Å². The number of alkyl halides is 2. The Bertz CT molecular complexity index is 531. The van der Waals surface area contributed by atoms with Crippen LogP contribution in [0.15, 0.2) is 18.2 Å². The Balaban J connectivity index is 0.00000288. The number of nitrogens with one attached hydrogen (secondary N) is 2. The van der Waals surface area contributed by atoms with Gasteiger partial charge in [0, 0.05) is 42.6 Å². The molecule has 5 nitrogen and oxygen atoms in total. The number of carbonyl (C=O) groups is 1. The van der Waals surface area contributed by atoms with Gasteiger partial charge in [-0.25, -0.2) is 0 Å². The highest BCUT2D eigenvalue weighted by Gasteiger charge is 2.17. The normalized spacial score (nSPS) is 17.1. The van der Waals surface area contributed by atoms with Gasteiger partial charge in [0.2, 0.25) is 5.91 Å². The molecule has 0 bridgehead atoms. The Morgan fingerprint density at radius 3 is 2.92 bits per heavy atom. The maximum atomic E-state index is 12.4. The quantitative estimate of drug-likeness (QED) is 0.758. The number of benzene rings is 1. The number of thioether (sulfide) groups is 1. The van der Waals surface area contributed by atoms with E-state index in [0.29, 0.717) is 17.7 Å². The van der Waals surface area contributed by atoms with E-state index in [9.17, 15) is 13.6 Å². The number of ether oxygens (including phenoxy) is 2. The van der Waals surface area contributed by atoms with Crippen LogP contribution in [0.3, 0.4) is 0 Å². The minimum atomic E-state index is -2.92. The summed E-state index contributed by atoms with van der Waals surface area (Å²) in [5.74, 6) is 2.37. The fourth-order valence-corrected chi connectivity index (χ4v) is 3.22. The maximum Gasteiger partial charge on any atom is 0.387 e. The summed E-state index contributed by atoms with van der Waals surface area (Å²) in [5.41, 5.74) is 0.448. The molecule has 2 rings (SSSR count). The third-order valence-corrected chi connectivity index (χ3v) is 4.52. The predicted molar refractivity (Wildman–Crippen MR) is 92.5 cm³/mol. The van der Waals surface area contributed by atoms with E-state index in [1.807, 2.05) is 11.8 Å². The first kappa shape index (κ1) is 20.8. The van der Waals surface area contributed by atoms with Crippen LogP contribution in [-0.4, -0.2) is 43.7 Å². The van der Waals surface area contributed by atoms with Crippen LogP contribution in [0.25, 0.3) is 0 Å². The first-order chi connectivity index (χ1) is 11.1. The third-order valence-electron chi connectivity index (χ3n) is 3.39. The number of amides is 1. The van der Waals surface area contributed by atoms with E-state index in [1.165, 1.54) is 19.2 Å². The van der Waals surface area contributed by atoms with Crippen molar-refractivity contribution in [2.75, 3.05) is 25.2 Å². The Kier molecular flexibility index (Phi) is 9.17. The second-order valence-corrected chi connectivity index (χ2v) is 6.21. The van der Waals surface area contributed by atoms with Crippen molar-refractivity contribution in [3.63, 3.8) is 0 Å². The van der Waals surface area contributed by atoms with Crippen molar-refractivity contribution in [1.29, 1.82) is 0 Å². The lowest BCUT2D eigenvalue weighted by Gasteiger charge is -2.22. The second kappa shape index (κ2) is 10.6. The van der Waals surface area contributed by atoms with Gasteiger partial charge in [0.15, 0.2) is 0 Å². The maximum absolute atomic E-state index is 12.4. The molecule has 136 valence electrons. The van der Waals surface area contributed by atoms with E-state index in [0.717, 1.165) is 18.1 Å². The highest BCUT2D eigenvalue weighted by molar-refractivity contribution is 7.99. The number of hydrogen-bond acceptors (Lipinski definition) is 5. The van der Waals surface area contributed by atoms with Crippen molar-refractivity contribution in [3.05, 3.63) is 23.8 Å². The molecule has 0 saturated carbocycles. The first-order valence-corrected chi connectivity index (χ1v) is 8.43. The molecule has 1 aliphatic heterocycles. The number of hydrogen-bond donors (Lipinski definition) is 2. The molecule has 1 saturated heterocycles. The Morgan fingerprint density at radius 1 is 1.50 bits per heavy atom. The van der Waals surface area contributed by atoms with Crippen molar-refractivity contribution >= 4 is 30.1 Å². The lowest BCUT2D eigenvalue weighted by molar-refractivity contribution is -0.121. The SMILES string of the molecule is COc1ccc(OC(F)F)c(CNC(=O)CC2CSCCN2)c1.Cl. The van der Waals surface area contributed by atoms with E-state index < -0.39 is 6.61 Å². The average Bonchev–Trinajstić information content (AvgIpc) is 2.54. The summed E-state index contributed by atoms with van der Waals surface area (Å²) >= 11 is 1.81. The van der Waals surface area contributed by atoms with E-state index in [-0.39, 0.29) is 36.7 Å². The van der Waals surface area contributed by atoms with Gasteiger partial charge in [-0.1, -0.05) is 0 Å². The fourth-order valence-electron chi connectivity index (χ4n) is 2.27. The first-order valence-electron chi connectivity index (χ1n) is 7.28. The molecule has 24 heavy (non-hydrogen) atoms. The van der Waals surface area contributed by atoms with Crippen molar-refractivity contribution in [2.24, 2.45) is 0 Å². The molecule has 2 N–H and O–H groups in total. The topological polar surface area (TPSA) is 59.6 Å². The lowest BCUT2D eigenvalue weighted by atomic mass is 10.1. The Labute approximate surface area is 150 Å².